The molecule has 1 aromatic heterocycles. The summed E-state index contributed by atoms with van der Waals surface area (Å²) in [5.74, 6) is -0.528. The lowest BCUT2D eigenvalue weighted by Crippen LogP contribution is -2.28. The van der Waals surface area contributed by atoms with Crippen LogP contribution >= 0.6 is 0 Å². The van der Waals surface area contributed by atoms with Crippen molar-refractivity contribution in [1.29, 1.82) is 5.26 Å². The fourth-order valence-electron chi connectivity index (χ4n) is 2.95. The van der Waals surface area contributed by atoms with Gasteiger partial charge >= 0.3 is 0 Å². The van der Waals surface area contributed by atoms with Crippen LogP contribution in [0.2, 0.25) is 0 Å². The third kappa shape index (κ3) is 1.90. The van der Waals surface area contributed by atoms with Gasteiger partial charge < -0.3 is 24.4 Å². The maximum absolute atomic E-state index is 8.92. The maximum Gasteiger partial charge on any atom is 0.226 e. The first-order valence-corrected chi connectivity index (χ1v) is 6.75. The van der Waals surface area contributed by atoms with Crippen LogP contribution in [-0.2, 0) is 14.2 Å². The molecule has 6 nitrogen and oxygen atoms in total. The van der Waals surface area contributed by atoms with Crippen molar-refractivity contribution in [2.45, 2.75) is 57.4 Å². The summed E-state index contributed by atoms with van der Waals surface area (Å²) in [6.45, 7) is 5.81. The normalized spacial score (nSPS) is 34.9. The van der Waals surface area contributed by atoms with Gasteiger partial charge in [-0.15, -0.1) is 0 Å². The fraction of sp³-hybridized carbons (Fsp3) is 0.643. The second-order valence-corrected chi connectivity index (χ2v) is 5.61. The van der Waals surface area contributed by atoms with E-state index in [1.165, 1.54) is 6.26 Å². The lowest BCUT2D eigenvalue weighted by molar-refractivity contribution is -0.187. The maximum atomic E-state index is 8.92. The molecule has 2 aliphatic rings. The summed E-state index contributed by atoms with van der Waals surface area (Å²) < 4.78 is 23.0. The predicted octanol–water partition coefficient (Wildman–Crippen LogP) is 2.10. The summed E-state index contributed by atoms with van der Waals surface area (Å²) in [5, 5.41) is 8.92. The Morgan fingerprint density at radius 1 is 1.35 bits per heavy atom. The van der Waals surface area contributed by atoms with Crippen LogP contribution in [0, 0.1) is 11.3 Å². The number of anilines is 1. The fourth-order valence-corrected chi connectivity index (χ4v) is 2.95. The molecule has 0 aromatic carbocycles. The van der Waals surface area contributed by atoms with Crippen molar-refractivity contribution in [1.82, 2.24) is 0 Å². The number of hydrogen-bond donors (Lipinski definition) is 1. The molecular formula is C14H18N2O4. The number of rotatable bonds is 2. The van der Waals surface area contributed by atoms with Crippen molar-refractivity contribution >= 4 is 5.69 Å². The molecule has 2 saturated heterocycles. The molecule has 0 amide bonds. The van der Waals surface area contributed by atoms with E-state index in [2.05, 4.69) is 0 Å². The van der Waals surface area contributed by atoms with Gasteiger partial charge in [-0.2, -0.15) is 5.26 Å². The van der Waals surface area contributed by atoms with Crippen molar-refractivity contribution in [3.05, 3.63) is 17.6 Å². The van der Waals surface area contributed by atoms with Crippen molar-refractivity contribution in [3.63, 3.8) is 0 Å². The molecule has 1 aromatic rings. The Morgan fingerprint density at radius 3 is 2.65 bits per heavy atom. The molecule has 20 heavy (non-hydrogen) atoms. The topological polar surface area (TPSA) is 90.6 Å². The van der Waals surface area contributed by atoms with Crippen LogP contribution in [0.1, 0.15) is 44.6 Å². The van der Waals surface area contributed by atoms with Crippen LogP contribution < -0.4 is 5.73 Å². The van der Waals surface area contributed by atoms with Crippen LogP contribution in [-0.4, -0.2) is 24.1 Å². The molecule has 3 rings (SSSR count). The Bertz CT molecular complexity index is 560. The quantitative estimate of drug-likeness (QED) is 0.890. The van der Waals surface area contributed by atoms with Gasteiger partial charge in [0.2, 0.25) is 5.76 Å². The van der Waals surface area contributed by atoms with Crippen molar-refractivity contribution in [2.24, 2.45) is 0 Å². The van der Waals surface area contributed by atoms with Crippen molar-refractivity contribution < 1.29 is 18.6 Å². The number of nitriles is 1. The first-order valence-electron chi connectivity index (χ1n) is 6.75. The molecule has 2 aliphatic heterocycles. The van der Waals surface area contributed by atoms with E-state index < -0.39 is 5.79 Å². The van der Waals surface area contributed by atoms with E-state index in [0.29, 0.717) is 11.3 Å². The van der Waals surface area contributed by atoms with Crippen LogP contribution in [0.15, 0.2) is 10.7 Å². The number of hydrogen-bond acceptors (Lipinski definition) is 6. The van der Waals surface area contributed by atoms with Gasteiger partial charge in [0.25, 0.3) is 0 Å². The highest BCUT2D eigenvalue weighted by molar-refractivity contribution is 5.56. The third-order valence-corrected chi connectivity index (χ3v) is 3.82. The van der Waals surface area contributed by atoms with Crippen molar-refractivity contribution in [3.8, 4) is 6.07 Å². The zero-order chi connectivity index (χ0) is 14.5. The Morgan fingerprint density at radius 2 is 2.05 bits per heavy atom. The van der Waals surface area contributed by atoms with E-state index in [1.54, 1.807) is 0 Å². The molecule has 0 bridgehead atoms. The minimum Gasteiger partial charge on any atom is -0.451 e. The number of nitrogens with zero attached hydrogens (tertiary/aromatic N) is 1. The van der Waals surface area contributed by atoms with E-state index in [0.717, 1.165) is 6.42 Å². The smallest absolute Gasteiger partial charge is 0.226 e. The lowest BCUT2D eigenvalue weighted by atomic mass is 10.0. The Hall–Kier alpha value is -1.55. The summed E-state index contributed by atoms with van der Waals surface area (Å²) in [6.07, 6.45) is 1.52. The zero-order valence-corrected chi connectivity index (χ0v) is 11.8. The number of nitrogen functional groups attached to an aromatic ring is 1. The van der Waals surface area contributed by atoms with Gasteiger partial charge in [-0.05, 0) is 20.3 Å². The molecule has 0 radical (unpaired) electrons. The van der Waals surface area contributed by atoms with Crippen LogP contribution in [0.3, 0.4) is 0 Å². The highest BCUT2D eigenvalue weighted by Crippen LogP contribution is 2.47. The summed E-state index contributed by atoms with van der Waals surface area (Å²) >= 11 is 0. The van der Waals surface area contributed by atoms with Crippen molar-refractivity contribution in [2.75, 3.05) is 5.73 Å². The van der Waals surface area contributed by atoms with E-state index in [4.69, 9.17) is 29.6 Å². The standard InChI is InChI=1S/C14H18N2O4/c1-4-8-12-13(20-14(2,3)19-12)11(18-8)7-6-17-9(5-15)10(7)16/h6,8,11-13H,4,16H2,1-3H3/t8-,11+,12-,13+/m1/s1. The highest BCUT2D eigenvalue weighted by Gasteiger charge is 2.55. The predicted molar refractivity (Wildman–Crippen MR) is 69.6 cm³/mol. The number of ether oxygens (including phenoxy) is 3. The first kappa shape index (κ1) is 13.4. The van der Waals surface area contributed by atoms with Gasteiger partial charge in [-0.1, -0.05) is 6.92 Å². The minimum absolute atomic E-state index is 0.0494. The van der Waals surface area contributed by atoms with E-state index in [-0.39, 0.29) is 30.2 Å². The second-order valence-electron chi connectivity index (χ2n) is 5.61. The average molecular weight is 278 g/mol. The molecule has 2 N–H and O–H groups in total. The minimum atomic E-state index is -0.638. The van der Waals surface area contributed by atoms with Crippen LogP contribution in [0.4, 0.5) is 5.69 Å². The van der Waals surface area contributed by atoms with Gasteiger partial charge in [-0.25, -0.2) is 0 Å². The molecule has 0 saturated carbocycles. The Balaban J connectivity index is 1.94. The molecule has 0 unspecified atom stereocenters. The summed E-state index contributed by atoms with van der Waals surface area (Å²) in [7, 11) is 0. The monoisotopic (exact) mass is 278 g/mol. The first-order chi connectivity index (χ1) is 9.46. The average Bonchev–Trinajstić information content (AvgIpc) is 3.00. The van der Waals surface area contributed by atoms with E-state index >= 15 is 0 Å². The molecule has 0 aliphatic carbocycles. The Kier molecular flexibility index (Phi) is 3.01. The third-order valence-electron chi connectivity index (χ3n) is 3.82. The SMILES string of the molecule is CC[C@H]1O[C@@H](c2coc(C#N)c2N)[C@@H]2OC(C)(C)O[C@@H]21. The number of furan rings is 1. The second kappa shape index (κ2) is 4.48. The summed E-state index contributed by atoms with van der Waals surface area (Å²) in [5.41, 5.74) is 6.92. The largest absolute Gasteiger partial charge is 0.451 e. The summed E-state index contributed by atoms with van der Waals surface area (Å²) in [6, 6.07) is 1.92. The van der Waals surface area contributed by atoms with Gasteiger partial charge in [-0.3, -0.25) is 0 Å². The molecule has 4 atom stereocenters. The molecule has 3 heterocycles. The van der Waals surface area contributed by atoms with Crippen LogP contribution in [0.25, 0.3) is 0 Å². The number of nitrogens with two attached hydrogens (primary N) is 1. The number of fused-ring (bicyclic) bond motifs is 1. The highest BCUT2D eigenvalue weighted by atomic mass is 16.8. The van der Waals surface area contributed by atoms with Gasteiger partial charge in [0.1, 0.15) is 30.6 Å². The zero-order valence-electron chi connectivity index (χ0n) is 11.8. The van der Waals surface area contributed by atoms with Gasteiger partial charge in [0, 0.05) is 5.56 Å². The molecule has 6 heteroatoms. The molecular weight excluding hydrogens is 260 g/mol. The Labute approximate surface area is 117 Å². The van der Waals surface area contributed by atoms with E-state index in [1.807, 2.05) is 26.8 Å². The van der Waals surface area contributed by atoms with Crippen LogP contribution in [0.5, 0.6) is 0 Å². The lowest BCUT2D eigenvalue weighted by Gasteiger charge is -2.23. The molecule has 108 valence electrons. The molecule has 2 fully saturated rings. The van der Waals surface area contributed by atoms with E-state index in [9.17, 15) is 0 Å². The van der Waals surface area contributed by atoms with Gasteiger partial charge in [0.05, 0.1) is 11.8 Å². The summed E-state index contributed by atoms with van der Waals surface area (Å²) in [4.78, 5) is 0. The van der Waals surface area contributed by atoms with Gasteiger partial charge in [0.15, 0.2) is 5.79 Å². The molecule has 0 spiro atoms.